The van der Waals surface area contributed by atoms with E-state index >= 15 is 0 Å². The Morgan fingerprint density at radius 2 is 2.12 bits per heavy atom. The maximum atomic E-state index is 11.2. The van der Waals surface area contributed by atoms with Crippen LogP contribution in [0.5, 0.6) is 0 Å². The summed E-state index contributed by atoms with van der Waals surface area (Å²) in [7, 11) is 0. The van der Waals surface area contributed by atoms with E-state index in [1.54, 1.807) is 6.92 Å². The number of rotatable bonds is 4. The van der Waals surface area contributed by atoms with Crippen molar-refractivity contribution in [2.24, 2.45) is 0 Å². The molecule has 0 saturated heterocycles. The third kappa shape index (κ3) is 4.14. The molecule has 0 radical (unpaired) electrons. The second kappa shape index (κ2) is 5.92. The fourth-order valence-corrected chi connectivity index (χ4v) is 1.000. The summed E-state index contributed by atoms with van der Waals surface area (Å²) in [4.78, 5) is 11.2. The zero-order chi connectivity index (χ0) is 12.0. The molecule has 1 rings (SSSR count). The number of hydrogen-bond acceptors (Lipinski definition) is 3. The average Bonchev–Trinajstić information content (AvgIpc) is 2.27. The first-order valence-corrected chi connectivity index (χ1v) is 4.90. The number of aliphatic hydroxyl groups excluding tert-OH is 1. The van der Waals surface area contributed by atoms with Crippen molar-refractivity contribution < 1.29 is 14.6 Å². The van der Waals surface area contributed by atoms with Crippen LogP contribution in [0.15, 0.2) is 42.5 Å². The lowest BCUT2D eigenvalue weighted by molar-refractivity contribution is 0.108. The van der Waals surface area contributed by atoms with Gasteiger partial charge in [-0.15, -0.1) is 0 Å². The zero-order valence-electron chi connectivity index (χ0n) is 9.14. The maximum Gasteiger partial charge on any atom is 0.409 e. The minimum absolute atomic E-state index is 0.176. The van der Waals surface area contributed by atoms with Crippen LogP contribution in [-0.4, -0.2) is 17.4 Å². The maximum absolute atomic E-state index is 11.2. The highest BCUT2D eigenvalue weighted by Crippen LogP contribution is 2.01. The molecule has 0 unspecified atom stereocenters. The van der Waals surface area contributed by atoms with E-state index in [9.17, 15) is 9.90 Å². The Hall–Kier alpha value is -1.81. The molecule has 4 nitrogen and oxygen atoms in total. The Kier molecular flexibility index (Phi) is 4.54. The Labute approximate surface area is 94.6 Å². The first-order valence-electron chi connectivity index (χ1n) is 4.90. The molecule has 16 heavy (non-hydrogen) atoms. The number of ether oxygens (including phenoxy) is 1. The standard InChI is InChI=1S/C12H15NO3/c1-9(2)11(14)13-12(15)16-8-10-6-4-3-5-7-10/h3-7,11,14H,1,8H2,2H3,(H,13,15)/t11-/m0/s1. The summed E-state index contributed by atoms with van der Waals surface area (Å²) in [6, 6.07) is 9.30. The highest BCUT2D eigenvalue weighted by molar-refractivity contribution is 5.67. The highest BCUT2D eigenvalue weighted by atomic mass is 16.6. The van der Waals surface area contributed by atoms with Crippen molar-refractivity contribution in [3.05, 3.63) is 48.0 Å². The summed E-state index contributed by atoms with van der Waals surface area (Å²) >= 11 is 0. The number of carbonyl (C=O) groups excluding carboxylic acids is 1. The van der Waals surface area contributed by atoms with Crippen molar-refractivity contribution in [1.82, 2.24) is 5.32 Å². The second-order valence-electron chi connectivity index (χ2n) is 3.45. The molecule has 0 bridgehead atoms. The van der Waals surface area contributed by atoms with Gasteiger partial charge in [-0.1, -0.05) is 36.9 Å². The number of alkyl carbamates (subject to hydrolysis) is 1. The first kappa shape index (κ1) is 12.3. The minimum atomic E-state index is -1.07. The predicted octanol–water partition coefficient (Wildman–Crippen LogP) is 1.81. The molecule has 1 aromatic carbocycles. The van der Waals surface area contributed by atoms with E-state index in [0.717, 1.165) is 5.56 Å². The summed E-state index contributed by atoms with van der Waals surface area (Å²) in [6.45, 7) is 5.30. The van der Waals surface area contributed by atoms with Gasteiger partial charge in [0.05, 0.1) is 0 Å². The van der Waals surface area contributed by atoms with Gasteiger partial charge in [0.1, 0.15) is 6.61 Å². The summed E-state index contributed by atoms with van der Waals surface area (Å²) in [6.07, 6.45) is -1.73. The molecule has 0 aliphatic rings. The Morgan fingerprint density at radius 1 is 1.50 bits per heavy atom. The average molecular weight is 221 g/mol. The van der Waals surface area contributed by atoms with Crippen molar-refractivity contribution in [3.8, 4) is 0 Å². The van der Waals surface area contributed by atoms with E-state index in [-0.39, 0.29) is 6.61 Å². The molecule has 0 aliphatic carbocycles. The molecule has 2 N–H and O–H groups in total. The normalized spacial score (nSPS) is 11.6. The van der Waals surface area contributed by atoms with Gasteiger partial charge in [0.15, 0.2) is 6.23 Å². The quantitative estimate of drug-likeness (QED) is 0.602. The van der Waals surface area contributed by atoms with E-state index in [1.165, 1.54) is 0 Å². The van der Waals surface area contributed by atoms with Crippen molar-refractivity contribution >= 4 is 6.09 Å². The lowest BCUT2D eigenvalue weighted by Crippen LogP contribution is -2.35. The third-order valence-electron chi connectivity index (χ3n) is 1.93. The van der Waals surface area contributed by atoms with Gasteiger partial charge in [-0.05, 0) is 18.1 Å². The van der Waals surface area contributed by atoms with Crippen molar-refractivity contribution in [1.29, 1.82) is 0 Å². The monoisotopic (exact) mass is 221 g/mol. The topological polar surface area (TPSA) is 58.6 Å². The van der Waals surface area contributed by atoms with Gasteiger partial charge in [0.2, 0.25) is 0 Å². The van der Waals surface area contributed by atoms with E-state index in [2.05, 4.69) is 11.9 Å². The van der Waals surface area contributed by atoms with Crippen LogP contribution in [0.4, 0.5) is 4.79 Å². The predicted molar refractivity (Wildman–Crippen MR) is 60.6 cm³/mol. The van der Waals surface area contributed by atoms with Gasteiger partial charge in [0.25, 0.3) is 0 Å². The molecule has 4 heteroatoms. The van der Waals surface area contributed by atoms with Crippen LogP contribution >= 0.6 is 0 Å². The number of amides is 1. The fourth-order valence-electron chi connectivity index (χ4n) is 1.000. The van der Waals surface area contributed by atoms with Gasteiger partial charge in [0, 0.05) is 0 Å². The van der Waals surface area contributed by atoms with Crippen molar-refractivity contribution in [3.63, 3.8) is 0 Å². The fraction of sp³-hybridized carbons (Fsp3) is 0.250. The van der Waals surface area contributed by atoms with Gasteiger partial charge < -0.3 is 9.84 Å². The summed E-state index contributed by atoms with van der Waals surface area (Å²) in [5.41, 5.74) is 1.35. The zero-order valence-corrected chi connectivity index (χ0v) is 9.14. The first-order chi connectivity index (χ1) is 7.59. The van der Waals surface area contributed by atoms with Crippen LogP contribution in [0, 0.1) is 0 Å². The highest BCUT2D eigenvalue weighted by Gasteiger charge is 2.09. The molecule has 86 valence electrons. The van der Waals surface area contributed by atoms with Crippen LogP contribution in [0.3, 0.4) is 0 Å². The number of benzene rings is 1. The molecule has 0 saturated carbocycles. The SMILES string of the molecule is C=C(C)[C@H](O)NC(=O)OCc1ccccc1. The lowest BCUT2D eigenvalue weighted by Gasteiger charge is -2.12. The van der Waals surface area contributed by atoms with E-state index < -0.39 is 12.3 Å². The van der Waals surface area contributed by atoms with E-state index in [0.29, 0.717) is 5.57 Å². The molecule has 0 spiro atoms. The molecule has 0 aliphatic heterocycles. The Balaban J connectivity index is 2.33. The second-order valence-corrected chi connectivity index (χ2v) is 3.45. The number of aliphatic hydroxyl groups is 1. The number of hydrogen-bond donors (Lipinski definition) is 2. The molecule has 0 aromatic heterocycles. The molecular weight excluding hydrogens is 206 g/mol. The molecule has 0 heterocycles. The van der Waals surface area contributed by atoms with Crippen LogP contribution < -0.4 is 5.32 Å². The van der Waals surface area contributed by atoms with E-state index in [1.807, 2.05) is 30.3 Å². The van der Waals surface area contributed by atoms with Crippen LogP contribution in [0.25, 0.3) is 0 Å². The minimum Gasteiger partial charge on any atom is -0.445 e. The molecular formula is C12H15NO3. The van der Waals surface area contributed by atoms with Gasteiger partial charge in [-0.25, -0.2) is 4.79 Å². The summed E-state index contributed by atoms with van der Waals surface area (Å²) in [5.74, 6) is 0. The lowest BCUT2D eigenvalue weighted by atomic mass is 10.2. The smallest absolute Gasteiger partial charge is 0.409 e. The summed E-state index contributed by atoms with van der Waals surface area (Å²) in [5, 5.41) is 11.5. The van der Waals surface area contributed by atoms with Crippen LogP contribution in [0.1, 0.15) is 12.5 Å². The number of nitrogens with one attached hydrogen (secondary N) is 1. The van der Waals surface area contributed by atoms with Crippen LogP contribution in [0.2, 0.25) is 0 Å². The van der Waals surface area contributed by atoms with Crippen LogP contribution in [-0.2, 0) is 11.3 Å². The van der Waals surface area contributed by atoms with Gasteiger partial charge in [-0.2, -0.15) is 0 Å². The largest absolute Gasteiger partial charge is 0.445 e. The molecule has 1 amide bonds. The third-order valence-corrected chi connectivity index (χ3v) is 1.93. The number of carbonyl (C=O) groups is 1. The Morgan fingerprint density at radius 3 is 2.69 bits per heavy atom. The molecule has 1 atom stereocenters. The molecule has 0 fully saturated rings. The van der Waals surface area contributed by atoms with Crippen molar-refractivity contribution in [2.75, 3.05) is 0 Å². The van der Waals surface area contributed by atoms with Gasteiger partial charge >= 0.3 is 6.09 Å². The molecule has 1 aromatic rings. The van der Waals surface area contributed by atoms with Crippen molar-refractivity contribution in [2.45, 2.75) is 19.8 Å². The summed E-state index contributed by atoms with van der Waals surface area (Å²) < 4.78 is 4.90. The Bertz CT molecular complexity index is 362. The van der Waals surface area contributed by atoms with E-state index in [4.69, 9.17) is 4.74 Å². The van der Waals surface area contributed by atoms with Gasteiger partial charge in [-0.3, -0.25) is 5.32 Å².